The van der Waals surface area contributed by atoms with Crippen molar-refractivity contribution in [3.8, 4) is 0 Å². The summed E-state index contributed by atoms with van der Waals surface area (Å²) >= 11 is 0. The first-order valence-electron chi connectivity index (χ1n) is 8.84. The van der Waals surface area contributed by atoms with E-state index in [0.717, 1.165) is 5.56 Å². The molecule has 0 spiro atoms. The van der Waals surface area contributed by atoms with Crippen molar-refractivity contribution >= 4 is 29.1 Å². The van der Waals surface area contributed by atoms with Gasteiger partial charge in [0.1, 0.15) is 12.2 Å². The smallest absolute Gasteiger partial charge is 0.341 e. The highest BCUT2D eigenvalue weighted by Crippen LogP contribution is 2.28. The van der Waals surface area contributed by atoms with E-state index in [2.05, 4.69) is 4.98 Å². The Labute approximate surface area is 162 Å². The molecule has 2 aromatic carbocycles. The van der Waals surface area contributed by atoms with Gasteiger partial charge in [-0.25, -0.2) is 9.59 Å². The molecule has 0 saturated carbocycles. The van der Waals surface area contributed by atoms with E-state index in [4.69, 9.17) is 9.47 Å². The van der Waals surface area contributed by atoms with Crippen LogP contribution in [0.15, 0.2) is 48.5 Å². The Morgan fingerprint density at radius 3 is 2.36 bits per heavy atom. The number of hydrogen-bond donors (Lipinski definition) is 1. The van der Waals surface area contributed by atoms with E-state index in [-0.39, 0.29) is 23.4 Å². The molecule has 6 nitrogen and oxygen atoms in total. The number of fused-ring (bicyclic) bond motifs is 1. The highest BCUT2D eigenvalue weighted by atomic mass is 16.6. The Balaban J connectivity index is 2.00. The molecule has 0 radical (unpaired) electrons. The third kappa shape index (κ3) is 4.11. The van der Waals surface area contributed by atoms with E-state index < -0.39 is 17.5 Å². The van der Waals surface area contributed by atoms with Crippen molar-refractivity contribution in [3.05, 3.63) is 70.9 Å². The first-order valence-corrected chi connectivity index (χ1v) is 8.84. The summed E-state index contributed by atoms with van der Waals surface area (Å²) < 4.78 is 10.8. The summed E-state index contributed by atoms with van der Waals surface area (Å²) in [6, 6.07) is 14.2. The second kappa shape index (κ2) is 7.68. The lowest BCUT2D eigenvalue weighted by Gasteiger charge is -2.19. The van der Waals surface area contributed by atoms with Crippen LogP contribution in [0.3, 0.4) is 0 Å². The number of benzene rings is 2. The standard InChI is InChI=1S/C22H21NO5/c1-22(2,3)28-21(26)19-17(12-24)23-16-11-7-10-15(18(16)19)20(25)27-13-14-8-5-4-6-9-14/h4-12,23H,13H2,1-3H3. The molecule has 28 heavy (non-hydrogen) atoms. The van der Waals surface area contributed by atoms with Crippen LogP contribution in [-0.2, 0) is 16.1 Å². The van der Waals surface area contributed by atoms with E-state index in [9.17, 15) is 14.4 Å². The normalized spacial score (nSPS) is 11.2. The van der Waals surface area contributed by atoms with Crippen LogP contribution in [0.2, 0.25) is 0 Å². The molecule has 0 fully saturated rings. The lowest BCUT2D eigenvalue weighted by molar-refractivity contribution is 0.00706. The predicted octanol–water partition coefficient (Wildman–Crippen LogP) is 4.29. The van der Waals surface area contributed by atoms with E-state index in [1.54, 1.807) is 39.0 Å². The van der Waals surface area contributed by atoms with Crippen LogP contribution in [-0.4, -0.2) is 28.8 Å². The lowest BCUT2D eigenvalue weighted by atomic mass is 10.0. The zero-order valence-electron chi connectivity index (χ0n) is 15.9. The topological polar surface area (TPSA) is 85.5 Å². The van der Waals surface area contributed by atoms with Gasteiger partial charge < -0.3 is 14.5 Å². The monoisotopic (exact) mass is 379 g/mol. The number of H-pyrrole nitrogens is 1. The zero-order valence-corrected chi connectivity index (χ0v) is 15.9. The fourth-order valence-electron chi connectivity index (χ4n) is 2.87. The van der Waals surface area contributed by atoms with E-state index in [1.807, 2.05) is 30.3 Å². The summed E-state index contributed by atoms with van der Waals surface area (Å²) in [6.07, 6.45) is 0.540. The first-order chi connectivity index (χ1) is 13.3. The summed E-state index contributed by atoms with van der Waals surface area (Å²) in [5, 5.41) is 0.317. The highest BCUT2D eigenvalue weighted by Gasteiger charge is 2.27. The number of esters is 2. The fraction of sp³-hybridized carbons (Fsp3) is 0.227. The Bertz CT molecular complexity index is 1030. The molecule has 1 N–H and O–H groups in total. The minimum atomic E-state index is -0.746. The summed E-state index contributed by atoms with van der Waals surface area (Å²) in [4.78, 5) is 39.8. The maximum absolute atomic E-state index is 12.7. The minimum Gasteiger partial charge on any atom is -0.457 e. The average molecular weight is 379 g/mol. The second-order valence-electron chi connectivity index (χ2n) is 7.32. The molecule has 6 heteroatoms. The van der Waals surface area contributed by atoms with Gasteiger partial charge in [0, 0.05) is 10.9 Å². The predicted molar refractivity (Wildman–Crippen MR) is 104 cm³/mol. The Hall–Kier alpha value is -3.41. The van der Waals surface area contributed by atoms with Gasteiger partial charge >= 0.3 is 11.9 Å². The average Bonchev–Trinajstić information content (AvgIpc) is 3.04. The molecule has 0 saturated heterocycles. The number of aromatic nitrogens is 1. The molecule has 1 aromatic heterocycles. The number of nitrogens with one attached hydrogen (secondary N) is 1. The fourth-order valence-corrected chi connectivity index (χ4v) is 2.87. The molecule has 0 atom stereocenters. The Morgan fingerprint density at radius 1 is 1.00 bits per heavy atom. The van der Waals surface area contributed by atoms with Gasteiger partial charge in [-0.15, -0.1) is 0 Å². The van der Waals surface area contributed by atoms with E-state index in [0.29, 0.717) is 17.2 Å². The number of carbonyl (C=O) groups is 3. The van der Waals surface area contributed by atoms with Crippen LogP contribution < -0.4 is 0 Å². The van der Waals surface area contributed by atoms with Gasteiger partial charge in [-0.3, -0.25) is 4.79 Å². The van der Waals surface area contributed by atoms with Crippen molar-refractivity contribution in [2.75, 3.05) is 0 Å². The van der Waals surface area contributed by atoms with Crippen molar-refractivity contribution in [2.45, 2.75) is 33.0 Å². The number of aromatic amines is 1. The molecule has 0 unspecified atom stereocenters. The highest BCUT2D eigenvalue weighted by molar-refractivity contribution is 6.16. The van der Waals surface area contributed by atoms with Crippen molar-refractivity contribution in [1.29, 1.82) is 0 Å². The summed E-state index contributed by atoms with van der Waals surface area (Å²) in [7, 11) is 0. The van der Waals surface area contributed by atoms with Gasteiger partial charge in [-0.1, -0.05) is 36.4 Å². The maximum atomic E-state index is 12.7. The first kappa shape index (κ1) is 19.4. The molecule has 0 amide bonds. The van der Waals surface area contributed by atoms with Crippen LogP contribution in [0.1, 0.15) is 57.5 Å². The molecule has 3 rings (SSSR count). The van der Waals surface area contributed by atoms with Gasteiger partial charge in [0.25, 0.3) is 0 Å². The Kier molecular flexibility index (Phi) is 5.31. The second-order valence-corrected chi connectivity index (χ2v) is 7.32. The van der Waals surface area contributed by atoms with Gasteiger partial charge in [0.15, 0.2) is 6.29 Å². The largest absolute Gasteiger partial charge is 0.457 e. The molecule has 0 aliphatic rings. The van der Waals surface area contributed by atoms with Crippen molar-refractivity contribution < 1.29 is 23.9 Å². The van der Waals surface area contributed by atoms with E-state index >= 15 is 0 Å². The molecule has 3 aromatic rings. The SMILES string of the molecule is CC(C)(C)OC(=O)c1c(C=O)[nH]c2cccc(C(=O)OCc3ccccc3)c12. The van der Waals surface area contributed by atoms with Gasteiger partial charge in [0.2, 0.25) is 0 Å². The van der Waals surface area contributed by atoms with Crippen LogP contribution in [0.5, 0.6) is 0 Å². The van der Waals surface area contributed by atoms with Gasteiger partial charge in [0.05, 0.1) is 16.8 Å². The zero-order chi connectivity index (χ0) is 20.3. The third-order valence-corrected chi connectivity index (χ3v) is 4.01. The maximum Gasteiger partial charge on any atom is 0.341 e. The van der Waals surface area contributed by atoms with Gasteiger partial charge in [-0.2, -0.15) is 0 Å². The quantitative estimate of drug-likeness (QED) is 0.528. The van der Waals surface area contributed by atoms with Crippen LogP contribution >= 0.6 is 0 Å². The third-order valence-electron chi connectivity index (χ3n) is 4.01. The molecular weight excluding hydrogens is 358 g/mol. The molecule has 1 heterocycles. The van der Waals surface area contributed by atoms with Crippen molar-refractivity contribution in [2.24, 2.45) is 0 Å². The summed E-state index contributed by atoms with van der Waals surface area (Å²) in [5.41, 5.74) is 0.873. The number of ether oxygens (including phenoxy) is 2. The molecule has 0 aliphatic heterocycles. The Morgan fingerprint density at radius 2 is 1.71 bits per heavy atom. The molecule has 0 aliphatic carbocycles. The molecule has 0 bridgehead atoms. The number of carbonyl (C=O) groups excluding carboxylic acids is 3. The lowest BCUT2D eigenvalue weighted by Crippen LogP contribution is -2.24. The van der Waals surface area contributed by atoms with E-state index in [1.165, 1.54) is 0 Å². The van der Waals surface area contributed by atoms with Crippen molar-refractivity contribution in [3.63, 3.8) is 0 Å². The summed E-state index contributed by atoms with van der Waals surface area (Å²) in [5.74, 6) is -1.26. The van der Waals surface area contributed by atoms with Crippen LogP contribution in [0, 0.1) is 0 Å². The van der Waals surface area contributed by atoms with Gasteiger partial charge in [-0.05, 0) is 38.5 Å². The number of hydrogen-bond acceptors (Lipinski definition) is 5. The minimum absolute atomic E-state index is 0.0344. The molecule has 144 valence electrons. The number of aldehydes is 1. The molecular formula is C22H21NO5. The van der Waals surface area contributed by atoms with Crippen molar-refractivity contribution in [1.82, 2.24) is 4.98 Å². The van der Waals surface area contributed by atoms with Crippen LogP contribution in [0.4, 0.5) is 0 Å². The summed E-state index contributed by atoms with van der Waals surface area (Å²) in [6.45, 7) is 5.29. The van der Waals surface area contributed by atoms with Crippen LogP contribution in [0.25, 0.3) is 10.9 Å². The number of rotatable bonds is 5.